The van der Waals surface area contributed by atoms with Gasteiger partial charge in [-0.05, 0) is 43.5 Å². The highest BCUT2D eigenvalue weighted by Crippen LogP contribution is 2.21. The van der Waals surface area contributed by atoms with Crippen molar-refractivity contribution in [3.8, 4) is 0 Å². The van der Waals surface area contributed by atoms with Gasteiger partial charge in [-0.3, -0.25) is 9.59 Å². The van der Waals surface area contributed by atoms with Gasteiger partial charge in [-0.1, -0.05) is 0 Å². The summed E-state index contributed by atoms with van der Waals surface area (Å²) in [6.45, 7) is 3.64. The summed E-state index contributed by atoms with van der Waals surface area (Å²) in [6, 6.07) is 5.33. The molecule has 0 aromatic heterocycles. The molecular formula is C14H20N2O3. The Balaban J connectivity index is 2.62. The highest BCUT2D eigenvalue weighted by Gasteiger charge is 2.07. The molecule has 0 aliphatic carbocycles. The molecule has 1 amide bonds. The minimum absolute atomic E-state index is 0.128. The number of anilines is 2. The summed E-state index contributed by atoms with van der Waals surface area (Å²) in [4.78, 5) is 22.3. The molecule has 0 fully saturated rings. The molecule has 0 radical (unpaired) electrons. The van der Waals surface area contributed by atoms with E-state index in [2.05, 4.69) is 5.32 Å². The van der Waals surface area contributed by atoms with Crippen LogP contribution >= 0.6 is 0 Å². The van der Waals surface area contributed by atoms with Gasteiger partial charge in [0, 0.05) is 24.7 Å². The Morgan fingerprint density at radius 1 is 1.37 bits per heavy atom. The molecule has 0 atom stereocenters. The highest BCUT2D eigenvalue weighted by molar-refractivity contribution is 5.89. The molecule has 0 saturated carbocycles. The zero-order chi connectivity index (χ0) is 14.3. The van der Waals surface area contributed by atoms with Crippen LogP contribution in [0.25, 0.3) is 0 Å². The predicted octanol–water partition coefficient (Wildman–Crippen LogP) is 2.11. The van der Waals surface area contributed by atoms with Crippen LogP contribution < -0.4 is 11.1 Å². The van der Waals surface area contributed by atoms with E-state index >= 15 is 0 Å². The van der Waals surface area contributed by atoms with Crippen molar-refractivity contribution in [1.82, 2.24) is 0 Å². The molecule has 1 rings (SSSR count). The summed E-state index contributed by atoms with van der Waals surface area (Å²) in [5.41, 5.74) is 8.04. The fraction of sp³-hybridized carbons (Fsp3) is 0.429. The van der Waals surface area contributed by atoms with Crippen LogP contribution in [0.2, 0.25) is 0 Å². The molecule has 1 aromatic rings. The predicted molar refractivity (Wildman–Crippen MR) is 74.7 cm³/mol. The van der Waals surface area contributed by atoms with Gasteiger partial charge in [0.1, 0.15) is 0 Å². The fourth-order valence-electron chi connectivity index (χ4n) is 1.79. The lowest BCUT2D eigenvalue weighted by Gasteiger charge is -2.10. The zero-order valence-electron chi connectivity index (χ0n) is 11.4. The van der Waals surface area contributed by atoms with Gasteiger partial charge in [0.05, 0.1) is 6.61 Å². The molecule has 0 bridgehead atoms. The number of carbonyl (C=O) groups excluding carboxylic acids is 2. The molecule has 5 heteroatoms. The van der Waals surface area contributed by atoms with E-state index in [0.717, 1.165) is 11.3 Å². The number of nitrogens with one attached hydrogen (secondary N) is 1. The van der Waals surface area contributed by atoms with E-state index in [1.807, 2.05) is 6.07 Å². The minimum Gasteiger partial charge on any atom is -0.466 e. The quantitative estimate of drug-likeness (QED) is 0.609. The summed E-state index contributed by atoms with van der Waals surface area (Å²) in [6.07, 6.45) is 1.69. The first kappa shape index (κ1) is 15.0. The smallest absolute Gasteiger partial charge is 0.305 e. The van der Waals surface area contributed by atoms with Crippen molar-refractivity contribution in [2.45, 2.75) is 33.1 Å². The normalized spacial score (nSPS) is 10.0. The fourth-order valence-corrected chi connectivity index (χ4v) is 1.79. The lowest BCUT2D eigenvalue weighted by Crippen LogP contribution is -2.09. The number of nitrogens with two attached hydrogens (primary N) is 1. The average Bonchev–Trinajstić information content (AvgIpc) is 2.32. The third-order valence-electron chi connectivity index (χ3n) is 2.57. The molecule has 104 valence electrons. The van der Waals surface area contributed by atoms with E-state index < -0.39 is 0 Å². The van der Waals surface area contributed by atoms with Crippen molar-refractivity contribution in [1.29, 1.82) is 0 Å². The topological polar surface area (TPSA) is 81.4 Å². The number of hydrogen-bond donors (Lipinski definition) is 2. The Kier molecular flexibility index (Phi) is 5.85. The molecule has 0 aliphatic heterocycles. The first-order valence-corrected chi connectivity index (χ1v) is 6.34. The first-order valence-electron chi connectivity index (χ1n) is 6.34. The standard InChI is InChI=1S/C14H20N2O3/c1-3-19-14(18)6-4-5-11-9-12(15)7-8-13(11)16-10(2)17/h7-9H,3-6,15H2,1-2H3,(H,16,17). The van der Waals surface area contributed by atoms with Gasteiger partial charge in [-0.25, -0.2) is 0 Å². The number of amides is 1. The molecular weight excluding hydrogens is 244 g/mol. The van der Waals surface area contributed by atoms with Gasteiger partial charge in [0.15, 0.2) is 0 Å². The zero-order valence-corrected chi connectivity index (χ0v) is 11.4. The number of hydrogen-bond acceptors (Lipinski definition) is 4. The lowest BCUT2D eigenvalue weighted by atomic mass is 10.0. The van der Waals surface area contributed by atoms with E-state index in [0.29, 0.717) is 31.6 Å². The Bertz CT molecular complexity index is 458. The van der Waals surface area contributed by atoms with Crippen LogP contribution in [0, 0.1) is 0 Å². The van der Waals surface area contributed by atoms with Crippen LogP contribution in [0.1, 0.15) is 32.3 Å². The second kappa shape index (κ2) is 7.41. The number of nitrogen functional groups attached to an aromatic ring is 1. The highest BCUT2D eigenvalue weighted by atomic mass is 16.5. The largest absolute Gasteiger partial charge is 0.466 e. The van der Waals surface area contributed by atoms with Gasteiger partial charge in [0.25, 0.3) is 0 Å². The summed E-state index contributed by atoms with van der Waals surface area (Å²) in [5, 5.41) is 2.75. The second-order valence-corrected chi connectivity index (χ2v) is 4.26. The van der Waals surface area contributed by atoms with Crippen molar-refractivity contribution >= 4 is 23.3 Å². The SMILES string of the molecule is CCOC(=O)CCCc1cc(N)ccc1NC(C)=O. The summed E-state index contributed by atoms with van der Waals surface area (Å²) in [7, 11) is 0. The van der Waals surface area contributed by atoms with E-state index in [1.54, 1.807) is 19.1 Å². The molecule has 19 heavy (non-hydrogen) atoms. The van der Waals surface area contributed by atoms with Crippen molar-refractivity contribution in [3.05, 3.63) is 23.8 Å². The molecule has 0 saturated heterocycles. The lowest BCUT2D eigenvalue weighted by molar-refractivity contribution is -0.143. The summed E-state index contributed by atoms with van der Waals surface area (Å²) in [5.74, 6) is -0.330. The molecule has 0 heterocycles. The number of carbonyl (C=O) groups is 2. The average molecular weight is 264 g/mol. The van der Waals surface area contributed by atoms with Crippen molar-refractivity contribution < 1.29 is 14.3 Å². The maximum atomic E-state index is 11.2. The number of aryl methyl sites for hydroxylation is 1. The monoisotopic (exact) mass is 264 g/mol. The van der Waals surface area contributed by atoms with Gasteiger partial charge in [-0.15, -0.1) is 0 Å². The molecule has 3 N–H and O–H groups in total. The van der Waals surface area contributed by atoms with Crippen molar-refractivity contribution in [2.75, 3.05) is 17.7 Å². The van der Waals surface area contributed by atoms with Gasteiger partial charge >= 0.3 is 5.97 Å². The van der Waals surface area contributed by atoms with Crippen LogP contribution in [-0.2, 0) is 20.7 Å². The van der Waals surface area contributed by atoms with Gasteiger partial charge in [-0.2, -0.15) is 0 Å². The molecule has 0 aliphatic rings. The van der Waals surface area contributed by atoms with Gasteiger partial charge in [0.2, 0.25) is 5.91 Å². The summed E-state index contributed by atoms with van der Waals surface area (Å²) < 4.78 is 4.86. The third kappa shape index (κ3) is 5.42. The number of rotatable bonds is 6. The van der Waals surface area contributed by atoms with Crippen LogP contribution in [0.15, 0.2) is 18.2 Å². The van der Waals surface area contributed by atoms with E-state index in [-0.39, 0.29) is 11.9 Å². The van der Waals surface area contributed by atoms with Crippen LogP contribution in [-0.4, -0.2) is 18.5 Å². The van der Waals surface area contributed by atoms with Crippen molar-refractivity contribution in [3.63, 3.8) is 0 Å². The summed E-state index contributed by atoms with van der Waals surface area (Å²) >= 11 is 0. The van der Waals surface area contributed by atoms with Crippen LogP contribution in [0.5, 0.6) is 0 Å². The molecule has 0 spiro atoms. The Morgan fingerprint density at radius 2 is 2.11 bits per heavy atom. The van der Waals surface area contributed by atoms with Gasteiger partial charge < -0.3 is 15.8 Å². The molecule has 5 nitrogen and oxygen atoms in total. The third-order valence-corrected chi connectivity index (χ3v) is 2.57. The first-order chi connectivity index (χ1) is 9.02. The maximum Gasteiger partial charge on any atom is 0.305 e. The van der Waals surface area contributed by atoms with Crippen LogP contribution in [0.3, 0.4) is 0 Å². The maximum absolute atomic E-state index is 11.2. The van der Waals surface area contributed by atoms with E-state index in [1.165, 1.54) is 6.92 Å². The number of ether oxygens (including phenoxy) is 1. The number of esters is 1. The second-order valence-electron chi connectivity index (χ2n) is 4.26. The minimum atomic E-state index is -0.201. The molecule has 0 unspecified atom stereocenters. The molecule has 1 aromatic carbocycles. The Labute approximate surface area is 113 Å². The Hall–Kier alpha value is -2.04. The number of benzene rings is 1. The van der Waals surface area contributed by atoms with E-state index in [4.69, 9.17) is 10.5 Å². The Morgan fingerprint density at radius 3 is 2.74 bits per heavy atom. The van der Waals surface area contributed by atoms with Crippen molar-refractivity contribution in [2.24, 2.45) is 0 Å². The van der Waals surface area contributed by atoms with E-state index in [9.17, 15) is 9.59 Å². The van der Waals surface area contributed by atoms with Crippen LogP contribution in [0.4, 0.5) is 11.4 Å².